The fourth-order valence-corrected chi connectivity index (χ4v) is 4.17. The standard InChI is InChI=1S/C14H28N2S/c1-11(2)14-10-15-8-9-16(14)12-4-6-13(17-3)7-5-12/h11-15H,4-10H2,1-3H3. The molecular weight excluding hydrogens is 228 g/mol. The average molecular weight is 256 g/mol. The third-order valence-corrected chi connectivity index (χ3v) is 5.68. The summed E-state index contributed by atoms with van der Waals surface area (Å²) in [6, 6.07) is 1.63. The molecule has 0 bridgehead atoms. The molecule has 1 aliphatic carbocycles. The second-order valence-electron chi connectivity index (χ2n) is 5.92. The van der Waals surface area contributed by atoms with Crippen molar-refractivity contribution in [1.82, 2.24) is 10.2 Å². The van der Waals surface area contributed by atoms with Gasteiger partial charge in [-0.05, 0) is 37.9 Å². The second kappa shape index (κ2) is 6.44. The summed E-state index contributed by atoms with van der Waals surface area (Å²) in [4.78, 5) is 2.82. The third kappa shape index (κ3) is 3.39. The minimum absolute atomic E-state index is 0.763. The minimum atomic E-state index is 0.763. The highest BCUT2D eigenvalue weighted by Crippen LogP contribution is 2.31. The quantitative estimate of drug-likeness (QED) is 0.835. The number of hydrogen-bond acceptors (Lipinski definition) is 3. The maximum Gasteiger partial charge on any atom is 0.0247 e. The van der Waals surface area contributed by atoms with Crippen molar-refractivity contribution in [3.63, 3.8) is 0 Å². The number of nitrogens with zero attached hydrogens (tertiary/aromatic N) is 1. The van der Waals surface area contributed by atoms with Gasteiger partial charge in [0.2, 0.25) is 0 Å². The van der Waals surface area contributed by atoms with E-state index in [1.807, 2.05) is 0 Å². The van der Waals surface area contributed by atoms with Crippen molar-refractivity contribution in [3.05, 3.63) is 0 Å². The van der Waals surface area contributed by atoms with Crippen molar-refractivity contribution in [3.8, 4) is 0 Å². The number of rotatable bonds is 3. The molecule has 1 saturated heterocycles. The zero-order valence-electron chi connectivity index (χ0n) is 11.6. The molecule has 0 aromatic rings. The van der Waals surface area contributed by atoms with Crippen molar-refractivity contribution in [2.75, 3.05) is 25.9 Å². The van der Waals surface area contributed by atoms with Crippen LogP contribution >= 0.6 is 11.8 Å². The molecule has 100 valence electrons. The third-order valence-electron chi connectivity index (χ3n) is 4.54. The van der Waals surface area contributed by atoms with Gasteiger partial charge < -0.3 is 5.32 Å². The van der Waals surface area contributed by atoms with Gasteiger partial charge in [-0.1, -0.05) is 13.8 Å². The normalized spacial score (nSPS) is 36.4. The van der Waals surface area contributed by atoms with Gasteiger partial charge in [-0.2, -0.15) is 11.8 Å². The highest BCUT2D eigenvalue weighted by Gasteiger charge is 2.32. The molecule has 1 heterocycles. The summed E-state index contributed by atoms with van der Waals surface area (Å²) in [5.74, 6) is 0.779. The number of piperazine rings is 1. The van der Waals surface area contributed by atoms with E-state index < -0.39 is 0 Å². The molecule has 2 rings (SSSR count). The van der Waals surface area contributed by atoms with Crippen molar-refractivity contribution < 1.29 is 0 Å². The summed E-state index contributed by atoms with van der Waals surface area (Å²) in [7, 11) is 0. The molecule has 0 aromatic heterocycles. The molecule has 2 fully saturated rings. The lowest BCUT2D eigenvalue weighted by Crippen LogP contribution is -2.57. The van der Waals surface area contributed by atoms with Gasteiger partial charge in [0.25, 0.3) is 0 Å². The van der Waals surface area contributed by atoms with E-state index in [0.717, 1.165) is 23.3 Å². The van der Waals surface area contributed by atoms with Crippen LogP contribution in [-0.4, -0.2) is 48.1 Å². The molecule has 1 N–H and O–H groups in total. The Balaban J connectivity index is 1.91. The van der Waals surface area contributed by atoms with Crippen LogP contribution < -0.4 is 5.32 Å². The largest absolute Gasteiger partial charge is 0.314 e. The van der Waals surface area contributed by atoms with E-state index in [9.17, 15) is 0 Å². The maximum absolute atomic E-state index is 3.56. The van der Waals surface area contributed by atoms with Crippen molar-refractivity contribution in [2.45, 2.75) is 56.9 Å². The minimum Gasteiger partial charge on any atom is -0.314 e. The number of thioether (sulfide) groups is 1. The van der Waals surface area contributed by atoms with E-state index in [1.54, 1.807) is 0 Å². The van der Waals surface area contributed by atoms with Crippen LogP contribution in [0, 0.1) is 5.92 Å². The van der Waals surface area contributed by atoms with E-state index >= 15 is 0 Å². The smallest absolute Gasteiger partial charge is 0.0247 e. The highest BCUT2D eigenvalue weighted by molar-refractivity contribution is 7.99. The molecule has 0 radical (unpaired) electrons. The SMILES string of the molecule is CSC1CCC(N2CCNCC2C(C)C)CC1. The topological polar surface area (TPSA) is 15.3 Å². The first-order valence-corrected chi connectivity index (χ1v) is 8.50. The van der Waals surface area contributed by atoms with Gasteiger partial charge in [0.15, 0.2) is 0 Å². The fourth-order valence-electron chi connectivity index (χ4n) is 3.43. The van der Waals surface area contributed by atoms with Crippen LogP contribution in [0.3, 0.4) is 0 Å². The molecule has 0 amide bonds. The molecular formula is C14H28N2S. The molecule has 17 heavy (non-hydrogen) atoms. The first kappa shape index (κ1) is 13.7. The maximum atomic E-state index is 3.56. The van der Waals surface area contributed by atoms with Gasteiger partial charge in [0.05, 0.1) is 0 Å². The lowest BCUT2D eigenvalue weighted by atomic mass is 9.90. The Bertz CT molecular complexity index is 224. The number of hydrogen-bond donors (Lipinski definition) is 1. The molecule has 2 aliphatic rings. The van der Waals surface area contributed by atoms with Crippen molar-refractivity contribution in [2.24, 2.45) is 5.92 Å². The Morgan fingerprint density at radius 2 is 1.88 bits per heavy atom. The summed E-state index contributed by atoms with van der Waals surface area (Å²) < 4.78 is 0. The monoisotopic (exact) mass is 256 g/mol. The summed E-state index contributed by atoms with van der Waals surface area (Å²) in [5, 5.41) is 4.50. The molecule has 1 aliphatic heterocycles. The molecule has 1 unspecified atom stereocenters. The predicted molar refractivity (Wildman–Crippen MR) is 77.8 cm³/mol. The van der Waals surface area contributed by atoms with Crippen molar-refractivity contribution in [1.29, 1.82) is 0 Å². The van der Waals surface area contributed by atoms with E-state index in [1.165, 1.54) is 45.3 Å². The Hall–Kier alpha value is 0.270. The van der Waals surface area contributed by atoms with E-state index in [2.05, 4.69) is 42.1 Å². The van der Waals surface area contributed by atoms with Gasteiger partial charge in [-0.15, -0.1) is 0 Å². The fraction of sp³-hybridized carbons (Fsp3) is 1.00. The molecule has 2 nitrogen and oxygen atoms in total. The molecule has 0 spiro atoms. The van der Waals surface area contributed by atoms with Gasteiger partial charge in [-0.25, -0.2) is 0 Å². The Kier molecular flexibility index (Phi) is 5.19. The zero-order chi connectivity index (χ0) is 12.3. The van der Waals surface area contributed by atoms with Gasteiger partial charge in [0.1, 0.15) is 0 Å². The molecule has 1 saturated carbocycles. The van der Waals surface area contributed by atoms with Crippen LogP contribution in [-0.2, 0) is 0 Å². The summed E-state index contributed by atoms with van der Waals surface area (Å²) in [6.07, 6.45) is 7.98. The van der Waals surface area contributed by atoms with Crippen LogP contribution in [0.2, 0.25) is 0 Å². The van der Waals surface area contributed by atoms with Gasteiger partial charge in [0, 0.05) is 37.0 Å². The number of nitrogens with one attached hydrogen (secondary N) is 1. The molecule has 1 atom stereocenters. The predicted octanol–water partition coefficient (Wildman–Crippen LogP) is 2.59. The summed E-state index contributed by atoms with van der Waals surface area (Å²) in [6.45, 7) is 8.39. The van der Waals surface area contributed by atoms with Crippen LogP contribution in [0.1, 0.15) is 39.5 Å². The Labute approximate surface area is 111 Å². The van der Waals surface area contributed by atoms with Gasteiger partial charge in [-0.3, -0.25) is 4.90 Å². The second-order valence-corrected chi connectivity index (χ2v) is 7.06. The van der Waals surface area contributed by atoms with E-state index in [-0.39, 0.29) is 0 Å². The molecule has 3 heteroatoms. The Morgan fingerprint density at radius 1 is 1.18 bits per heavy atom. The molecule has 0 aromatic carbocycles. The van der Waals surface area contributed by atoms with E-state index in [0.29, 0.717) is 0 Å². The first-order valence-electron chi connectivity index (χ1n) is 7.21. The van der Waals surface area contributed by atoms with Crippen LogP contribution in [0.15, 0.2) is 0 Å². The van der Waals surface area contributed by atoms with Crippen molar-refractivity contribution >= 4 is 11.8 Å². The lowest BCUT2D eigenvalue weighted by Gasteiger charge is -2.45. The lowest BCUT2D eigenvalue weighted by molar-refractivity contribution is 0.0588. The summed E-state index contributed by atoms with van der Waals surface area (Å²) in [5.41, 5.74) is 0. The van der Waals surface area contributed by atoms with E-state index in [4.69, 9.17) is 0 Å². The highest BCUT2D eigenvalue weighted by atomic mass is 32.2. The van der Waals surface area contributed by atoms with Crippen LogP contribution in [0.25, 0.3) is 0 Å². The first-order chi connectivity index (χ1) is 8.22. The average Bonchev–Trinajstić information content (AvgIpc) is 2.39. The van der Waals surface area contributed by atoms with Crippen LogP contribution in [0.4, 0.5) is 0 Å². The van der Waals surface area contributed by atoms with Gasteiger partial charge >= 0.3 is 0 Å². The summed E-state index contributed by atoms with van der Waals surface area (Å²) >= 11 is 2.07. The van der Waals surface area contributed by atoms with Crippen LogP contribution in [0.5, 0.6) is 0 Å². The zero-order valence-corrected chi connectivity index (χ0v) is 12.4. The Morgan fingerprint density at radius 3 is 2.47 bits per heavy atom.